The normalized spacial score (nSPS) is 18.9. The summed E-state index contributed by atoms with van der Waals surface area (Å²) in [5.74, 6) is 0.688. The second kappa shape index (κ2) is 6.68. The minimum absolute atomic E-state index is 0.119. The molecular formula is C17H27FN2. The predicted molar refractivity (Wildman–Crippen MR) is 82.2 cm³/mol. The van der Waals surface area contributed by atoms with Gasteiger partial charge in [-0.05, 0) is 50.3 Å². The highest BCUT2D eigenvalue weighted by atomic mass is 19.1. The number of halogens is 1. The van der Waals surface area contributed by atoms with Crippen LogP contribution in [0.2, 0.25) is 0 Å². The van der Waals surface area contributed by atoms with Crippen molar-refractivity contribution in [1.82, 2.24) is 4.90 Å². The van der Waals surface area contributed by atoms with Gasteiger partial charge in [-0.15, -0.1) is 0 Å². The van der Waals surface area contributed by atoms with Crippen LogP contribution in [0.5, 0.6) is 0 Å². The van der Waals surface area contributed by atoms with E-state index in [9.17, 15) is 4.39 Å². The van der Waals surface area contributed by atoms with Crippen LogP contribution in [-0.4, -0.2) is 30.1 Å². The van der Waals surface area contributed by atoms with Gasteiger partial charge in [0.15, 0.2) is 0 Å². The molecule has 2 N–H and O–H groups in total. The van der Waals surface area contributed by atoms with Crippen LogP contribution in [0.3, 0.4) is 0 Å². The maximum atomic E-state index is 13.9. The van der Waals surface area contributed by atoms with Crippen LogP contribution in [0.15, 0.2) is 24.3 Å². The van der Waals surface area contributed by atoms with Crippen molar-refractivity contribution in [2.45, 2.75) is 45.1 Å². The molecule has 1 aromatic rings. The Morgan fingerprint density at radius 1 is 1.35 bits per heavy atom. The van der Waals surface area contributed by atoms with Gasteiger partial charge in [0, 0.05) is 18.6 Å². The summed E-state index contributed by atoms with van der Waals surface area (Å²) in [7, 11) is 0. The Morgan fingerprint density at radius 2 is 2.05 bits per heavy atom. The van der Waals surface area contributed by atoms with Gasteiger partial charge in [0.05, 0.1) is 0 Å². The summed E-state index contributed by atoms with van der Waals surface area (Å²) in [6, 6.07) is 7.05. The van der Waals surface area contributed by atoms with Crippen molar-refractivity contribution in [3.05, 3.63) is 35.6 Å². The van der Waals surface area contributed by atoms with Gasteiger partial charge in [0.25, 0.3) is 0 Å². The largest absolute Gasteiger partial charge is 0.329 e. The van der Waals surface area contributed by atoms with Crippen LogP contribution in [0.4, 0.5) is 4.39 Å². The van der Waals surface area contributed by atoms with Crippen molar-refractivity contribution >= 4 is 0 Å². The highest BCUT2D eigenvalue weighted by Gasteiger charge is 2.33. The van der Waals surface area contributed by atoms with Crippen LogP contribution >= 0.6 is 0 Å². The van der Waals surface area contributed by atoms with E-state index in [1.807, 2.05) is 12.1 Å². The lowest BCUT2D eigenvalue weighted by Crippen LogP contribution is -2.55. The molecule has 2 nitrogen and oxygen atoms in total. The van der Waals surface area contributed by atoms with Crippen LogP contribution in [0, 0.1) is 11.7 Å². The summed E-state index contributed by atoms with van der Waals surface area (Å²) in [6.07, 6.45) is 4.69. The molecule has 1 atom stereocenters. The number of likely N-dealkylation sites (N-methyl/N-ethyl adjacent to an activating group) is 1. The van der Waals surface area contributed by atoms with Crippen molar-refractivity contribution in [1.29, 1.82) is 0 Å². The Kier molecular flexibility index (Phi) is 5.17. The molecule has 0 radical (unpaired) electrons. The average molecular weight is 278 g/mol. The van der Waals surface area contributed by atoms with Crippen molar-refractivity contribution in [2.75, 3.05) is 19.6 Å². The minimum atomic E-state index is -0.160. The quantitative estimate of drug-likeness (QED) is 0.830. The number of hydrogen-bond acceptors (Lipinski definition) is 2. The fourth-order valence-electron chi connectivity index (χ4n) is 3.08. The molecule has 1 aliphatic rings. The highest BCUT2D eigenvalue weighted by molar-refractivity contribution is 5.20. The van der Waals surface area contributed by atoms with Crippen LogP contribution in [0.25, 0.3) is 0 Å². The molecule has 0 aromatic heterocycles. The van der Waals surface area contributed by atoms with E-state index in [0.29, 0.717) is 13.0 Å². The first-order valence-electron chi connectivity index (χ1n) is 7.77. The standard InChI is InChI=1S/C17H27FN2/c1-3-20(12-14-7-6-8-14)17(2,13-19)11-15-9-4-5-10-16(15)18/h4-5,9-10,14H,3,6-8,11-13,19H2,1-2H3. The molecule has 1 unspecified atom stereocenters. The molecule has 0 spiro atoms. The fourth-order valence-corrected chi connectivity index (χ4v) is 3.08. The molecule has 1 fully saturated rings. The van der Waals surface area contributed by atoms with E-state index in [1.165, 1.54) is 25.3 Å². The fraction of sp³-hybridized carbons (Fsp3) is 0.647. The molecule has 0 amide bonds. The highest BCUT2D eigenvalue weighted by Crippen LogP contribution is 2.30. The van der Waals surface area contributed by atoms with Crippen molar-refractivity contribution < 1.29 is 4.39 Å². The third kappa shape index (κ3) is 3.39. The van der Waals surface area contributed by atoms with Gasteiger partial charge in [-0.2, -0.15) is 0 Å². The predicted octanol–water partition coefficient (Wildman–Crippen LogP) is 3.21. The summed E-state index contributed by atoms with van der Waals surface area (Å²) in [5, 5.41) is 0. The Labute approximate surface area is 122 Å². The van der Waals surface area contributed by atoms with E-state index in [-0.39, 0.29) is 11.4 Å². The van der Waals surface area contributed by atoms with Gasteiger partial charge in [0.1, 0.15) is 5.82 Å². The first-order valence-corrected chi connectivity index (χ1v) is 7.77. The number of nitrogens with two attached hydrogens (primary N) is 1. The third-order valence-electron chi connectivity index (χ3n) is 4.82. The van der Waals surface area contributed by atoms with E-state index >= 15 is 0 Å². The molecule has 1 saturated carbocycles. The lowest BCUT2D eigenvalue weighted by atomic mass is 9.82. The Bertz CT molecular complexity index is 431. The van der Waals surface area contributed by atoms with E-state index in [1.54, 1.807) is 6.07 Å². The van der Waals surface area contributed by atoms with E-state index in [0.717, 1.165) is 24.6 Å². The summed E-state index contributed by atoms with van der Waals surface area (Å²) < 4.78 is 13.9. The first kappa shape index (κ1) is 15.5. The molecule has 20 heavy (non-hydrogen) atoms. The van der Waals surface area contributed by atoms with Crippen molar-refractivity contribution in [3.63, 3.8) is 0 Å². The summed E-state index contributed by atoms with van der Waals surface area (Å²) >= 11 is 0. The lowest BCUT2D eigenvalue weighted by Gasteiger charge is -2.44. The zero-order valence-corrected chi connectivity index (χ0v) is 12.7. The van der Waals surface area contributed by atoms with Crippen LogP contribution in [0.1, 0.15) is 38.7 Å². The molecule has 0 bridgehead atoms. The number of benzene rings is 1. The summed E-state index contributed by atoms with van der Waals surface area (Å²) in [4.78, 5) is 2.45. The molecule has 0 heterocycles. The Balaban J connectivity index is 2.11. The van der Waals surface area contributed by atoms with E-state index < -0.39 is 0 Å². The molecule has 1 aliphatic carbocycles. The van der Waals surface area contributed by atoms with Gasteiger partial charge in [-0.1, -0.05) is 31.5 Å². The zero-order chi connectivity index (χ0) is 14.6. The van der Waals surface area contributed by atoms with Crippen LogP contribution in [-0.2, 0) is 6.42 Å². The van der Waals surface area contributed by atoms with Gasteiger partial charge in [0.2, 0.25) is 0 Å². The molecular weight excluding hydrogens is 251 g/mol. The van der Waals surface area contributed by atoms with Crippen molar-refractivity contribution in [2.24, 2.45) is 11.7 Å². The maximum absolute atomic E-state index is 13.9. The number of rotatable bonds is 7. The first-order chi connectivity index (χ1) is 9.59. The topological polar surface area (TPSA) is 29.3 Å². The molecule has 2 rings (SSSR count). The van der Waals surface area contributed by atoms with Gasteiger partial charge < -0.3 is 5.73 Å². The molecule has 1 aromatic carbocycles. The van der Waals surface area contributed by atoms with Gasteiger partial charge in [-0.3, -0.25) is 4.90 Å². The molecule has 0 saturated heterocycles. The summed E-state index contributed by atoms with van der Waals surface area (Å²) in [5.41, 5.74) is 6.66. The maximum Gasteiger partial charge on any atom is 0.126 e. The zero-order valence-electron chi connectivity index (χ0n) is 12.7. The van der Waals surface area contributed by atoms with Gasteiger partial charge >= 0.3 is 0 Å². The molecule has 112 valence electrons. The Morgan fingerprint density at radius 3 is 2.55 bits per heavy atom. The Hall–Kier alpha value is -0.930. The molecule has 3 heteroatoms. The second-order valence-corrected chi connectivity index (χ2v) is 6.30. The third-order valence-corrected chi connectivity index (χ3v) is 4.82. The van der Waals surface area contributed by atoms with Crippen LogP contribution < -0.4 is 5.73 Å². The minimum Gasteiger partial charge on any atom is -0.329 e. The average Bonchev–Trinajstić information content (AvgIpc) is 2.40. The lowest BCUT2D eigenvalue weighted by molar-refractivity contribution is 0.0753. The number of hydrogen-bond donors (Lipinski definition) is 1. The van der Waals surface area contributed by atoms with Crippen molar-refractivity contribution in [3.8, 4) is 0 Å². The smallest absolute Gasteiger partial charge is 0.126 e. The molecule has 0 aliphatic heterocycles. The van der Waals surface area contributed by atoms with E-state index in [4.69, 9.17) is 5.73 Å². The SMILES string of the molecule is CCN(CC1CCC1)C(C)(CN)Cc1ccccc1F. The summed E-state index contributed by atoms with van der Waals surface area (Å²) in [6.45, 7) is 6.97. The van der Waals surface area contributed by atoms with E-state index in [2.05, 4.69) is 18.7 Å². The van der Waals surface area contributed by atoms with Gasteiger partial charge in [-0.25, -0.2) is 4.39 Å². The second-order valence-electron chi connectivity index (χ2n) is 6.30. The number of nitrogens with zero attached hydrogens (tertiary/aromatic N) is 1. The monoisotopic (exact) mass is 278 g/mol.